The van der Waals surface area contributed by atoms with E-state index in [4.69, 9.17) is 10.3 Å². The summed E-state index contributed by atoms with van der Waals surface area (Å²) < 4.78 is 47.8. The summed E-state index contributed by atoms with van der Waals surface area (Å²) in [6, 6.07) is 11.5. The first-order valence-electron chi connectivity index (χ1n) is 12.9. The first-order chi connectivity index (χ1) is 18.7. The highest BCUT2D eigenvalue weighted by molar-refractivity contribution is 6.04. The zero-order valence-corrected chi connectivity index (χ0v) is 21.1. The van der Waals surface area contributed by atoms with E-state index in [0.717, 1.165) is 43.4 Å². The molecule has 1 aliphatic heterocycles. The first kappa shape index (κ1) is 26.7. The molecule has 3 amide bonds. The molecule has 1 aromatic heterocycles. The molecule has 1 saturated heterocycles. The van der Waals surface area contributed by atoms with Gasteiger partial charge >= 0.3 is 6.18 Å². The molecule has 1 unspecified atom stereocenters. The number of amides is 3. The number of anilines is 2. The number of nitrogens with two attached hydrogens (primary N) is 1. The van der Waals surface area contributed by atoms with E-state index in [1.807, 2.05) is 30.3 Å². The van der Waals surface area contributed by atoms with Gasteiger partial charge in [0.25, 0.3) is 0 Å². The highest BCUT2D eigenvalue weighted by Crippen LogP contribution is 2.38. The van der Waals surface area contributed by atoms with Crippen molar-refractivity contribution >= 4 is 29.2 Å². The summed E-state index contributed by atoms with van der Waals surface area (Å²) in [4.78, 5) is 27.0. The average molecular weight is 543 g/mol. The molecule has 9 nitrogen and oxygen atoms in total. The molecule has 3 N–H and O–H groups in total. The van der Waals surface area contributed by atoms with Gasteiger partial charge in [0.2, 0.25) is 18.0 Å². The second-order valence-electron chi connectivity index (χ2n) is 10.1. The molecule has 206 valence electrons. The van der Waals surface area contributed by atoms with Gasteiger partial charge in [-0.25, -0.2) is 0 Å². The molecule has 1 atom stereocenters. The molecule has 3 aromatic rings. The predicted molar refractivity (Wildman–Crippen MR) is 136 cm³/mol. The highest BCUT2D eigenvalue weighted by Gasteiger charge is 2.36. The second kappa shape index (κ2) is 11.0. The van der Waals surface area contributed by atoms with Gasteiger partial charge in [-0.3, -0.25) is 9.59 Å². The fourth-order valence-electron chi connectivity index (χ4n) is 5.22. The predicted octanol–water partition coefficient (Wildman–Crippen LogP) is 5.26. The van der Waals surface area contributed by atoms with E-state index in [1.54, 1.807) is 4.68 Å². The maximum absolute atomic E-state index is 13.7. The average Bonchev–Trinajstić information content (AvgIpc) is 3.51. The van der Waals surface area contributed by atoms with Crippen LogP contribution in [0.2, 0.25) is 0 Å². The van der Waals surface area contributed by atoms with Crippen LogP contribution in [-0.2, 0) is 17.5 Å². The smallest absolute Gasteiger partial charge is 0.416 e. The van der Waals surface area contributed by atoms with Crippen molar-refractivity contribution in [1.82, 2.24) is 5.27 Å². The third-order valence-electron chi connectivity index (χ3n) is 7.26. The maximum Gasteiger partial charge on any atom is 0.416 e. The van der Waals surface area contributed by atoms with Crippen LogP contribution in [-0.4, -0.2) is 29.8 Å². The molecular formula is C27H29F3N6O3. The van der Waals surface area contributed by atoms with Crippen LogP contribution in [0.1, 0.15) is 49.1 Å². The van der Waals surface area contributed by atoms with E-state index in [-0.39, 0.29) is 35.8 Å². The zero-order chi connectivity index (χ0) is 27.6. The molecule has 0 spiro atoms. The topological polar surface area (TPSA) is 119 Å². The van der Waals surface area contributed by atoms with Gasteiger partial charge in [-0.2, -0.15) is 13.2 Å². The Bertz CT molecular complexity index is 1320. The number of nitrogens with one attached hydrogen (secondary N) is 1. The van der Waals surface area contributed by atoms with Crippen LogP contribution < -0.4 is 20.6 Å². The number of urea groups is 1. The van der Waals surface area contributed by atoms with Crippen LogP contribution in [0.5, 0.6) is 0 Å². The molecule has 0 radical (unpaired) electrons. The number of aromatic nitrogens is 2. The standard InChI is InChI=1S/C27H29F3N6O3/c28-27(29,30)19-12-21(14-22(13-19)36-11-10-23(25(36)37)18-4-2-1-3-5-18)32-26(38)33-24-16-35(34-39-24)15-17-6-8-20(31)9-7-17/h1-5,12-14,16-17,20,23H,6-11,15,31H2,(H-,32,33,34,38). The van der Waals surface area contributed by atoms with Crippen LogP contribution in [0.4, 0.5) is 35.2 Å². The maximum atomic E-state index is 13.7. The number of alkyl halides is 3. The number of carbonyl (C=O) groups excluding carboxylic acids is 2. The van der Waals surface area contributed by atoms with Gasteiger partial charge in [0.1, 0.15) is 0 Å². The molecule has 1 saturated carbocycles. The van der Waals surface area contributed by atoms with Gasteiger partial charge in [-0.05, 0) is 61.6 Å². The summed E-state index contributed by atoms with van der Waals surface area (Å²) in [6.07, 6.45) is 1.07. The number of hydrogen-bond acceptors (Lipinski definition) is 5. The molecule has 39 heavy (non-hydrogen) atoms. The van der Waals surface area contributed by atoms with Crippen LogP contribution >= 0.6 is 0 Å². The van der Waals surface area contributed by atoms with Gasteiger partial charge in [0.05, 0.1) is 11.5 Å². The lowest BCUT2D eigenvalue weighted by molar-refractivity contribution is -0.767. The Kier molecular flexibility index (Phi) is 7.56. The number of nitrogens with zero attached hydrogens (tertiary/aromatic N) is 4. The number of rotatable bonds is 6. The van der Waals surface area contributed by atoms with Gasteiger partial charge < -0.3 is 25.8 Å². The Morgan fingerprint density at radius 3 is 2.59 bits per heavy atom. The molecule has 2 fully saturated rings. The Morgan fingerprint density at radius 1 is 1.13 bits per heavy atom. The Balaban J connectivity index is 1.28. The van der Waals surface area contributed by atoms with Crippen molar-refractivity contribution in [2.75, 3.05) is 16.8 Å². The molecule has 0 bridgehead atoms. The van der Waals surface area contributed by atoms with Crippen molar-refractivity contribution in [1.29, 1.82) is 0 Å². The lowest BCUT2D eigenvalue weighted by Gasteiger charge is -2.22. The van der Waals surface area contributed by atoms with E-state index in [9.17, 15) is 22.8 Å². The second-order valence-corrected chi connectivity index (χ2v) is 10.1. The van der Waals surface area contributed by atoms with Crippen molar-refractivity contribution in [2.45, 2.75) is 56.8 Å². The van der Waals surface area contributed by atoms with Crippen LogP contribution in [0.25, 0.3) is 5.32 Å². The summed E-state index contributed by atoms with van der Waals surface area (Å²) in [6.45, 7) is 0.848. The SMILES string of the molecule is NC1CCC(C[n+]2cc([N-]C(=O)Nc3cc(N4CCC(c5ccccc5)C4=O)cc(C(F)(F)F)c3)on2)CC1. The van der Waals surface area contributed by atoms with E-state index in [0.29, 0.717) is 18.9 Å². The minimum Gasteiger partial charge on any atom is -0.424 e. The Labute approximate surface area is 223 Å². The fourth-order valence-corrected chi connectivity index (χ4v) is 5.22. The van der Waals surface area contributed by atoms with E-state index in [1.165, 1.54) is 17.2 Å². The molecule has 2 aliphatic rings. The Hall–Kier alpha value is -3.93. The van der Waals surface area contributed by atoms with Crippen LogP contribution in [0, 0.1) is 5.92 Å². The summed E-state index contributed by atoms with van der Waals surface area (Å²) in [7, 11) is 0. The molecule has 1 aliphatic carbocycles. The van der Waals surface area contributed by atoms with E-state index < -0.39 is 23.7 Å². The van der Waals surface area contributed by atoms with E-state index in [2.05, 4.69) is 15.9 Å². The Morgan fingerprint density at radius 2 is 1.87 bits per heavy atom. The number of carbonyl (C=O) groups is 2. The number of benzene rings is 2. The summed E-state index contributed by atoms with van der Waals surface area (Å²) in [5.74, 6) is -0.432. The minimum absolute atomic E-state index is 0.0493. The monoisotopic (exact) mass is 542 g/mol. The minimum atomic E-state index is -4.69. The molecule has 5 rings (SSSR count). The van der Waals surface area contributed by atoms with E-state index >= 15 is 0 Å². The summed E-state index contributed by atoms with van der Waals surface area (Å²) in [5, 5.41) is 10.0. The van der Waals surface area contributed by atoms with Crippen molar-refractivity contribution < 1.29 is 32.0 Å². The molecule has 2 heterocycles. The lowest BCUT2D eigenvalue weighted by Crippen LogP contribution is -2.40. The van der Waals surface area contributed by atoms with Gasteiger partial charge in [0, 0.05) is 24.2 Å². The van der Waals surface area contributed by atoms with Gasteiger partial charge in [-0.15, -0.1) is 0 Å². The number of hydrogen-bond donors (Lipinski definition) is 2. The van der Waals surface area contributed by atoms with Crippen molar-refractivity contribution in [2.24, 2.45) is 11.7 Å². The largest absolute Gasteiger partial charge is 0.424 e. The van der Waals surface area contributed by atoms with Gasteiger partial charge in [-0.1, -0.05) is 35.0 Å². The van der Waals surface area contributed by atoms with Crippen molar-refractivity contribution in [3.05, 3.63) is 71.2 Å². The number of halogens is 3. The van der Waals surface area contributed by atoms with Crippen LogP contribution in [0.3, 0.4) is 0 Å². The summed E-state index contributed by atoms with van der Waals surface area (Å²) in [5.41, 5.74) is 5.67. The third kappa shape index (κ3) is 6.39. The van der Waals surface area contributed by atoms with Gasteiger partial charge in [0.15, 0.2) is 17.8 Å². The zero-order valence-electron chi connectivity index (χ0n) is 21.1. The van der Waals surface area contributed by atoms with Crippen LogP contribution in [0.15, 0.2) is 59.3 Å². The van der Waals surface area contributed by atoms with Crippen molar-refractivity contribution in [3.8, 4) is 0 Å². The normalized spacial score (nSPS) is 21.7. The van der Waals surface area contributed by atoms with Crippen molar-refractivity contribution in [3.63, 3.8) is 0 Å². The summed E-state index contributed by atoms with van der Waals surface area (Å²) >= 11 is 0. The first-order valence-corrected chi connectivity index (χ1v) is 12.9. The molecule has 12 heteroatoms. The molecular weight excluding hydrogens is 513 g/mol. The third-order valence-corrected chi connectivity index (χ3v) is 7.26. The quantitative estimate of drug-likeness (QED) is 0.412. The fraction of sp³-hybridized carbons (Fsp3) is 0.407. The lowest BCUT2D eigenvalue weighted by atomic mass is 9.86. The highest BCUT2D eigenvalue weighted by atomic mass is 19.4. The molecule has 2 aromatic carbocycles.